The highest BCUT2D eigenvalue weighted by molar-refractivity contribution is 9.10. The Labute approximate surface area is 104 Å². The molecule has 0 bridgehead atoms. The first-order valence-corrected chi connectivity index (χ1v) is 5.37. The summed E-state index contributed by atoms with van der Waals surface area (Å²) in [6.45, 7) is -0.700. The van der Waals surface area contributed by atoms with Crippen LogP contribution >= 0.6 is 15.9 Å². The Morgan fingerprint density at radius 3 is 2.53 bits per heavy atom. The SMILES string of the molecule is Nc1cc(Br)cc(C(=O)OCCC(F)(F)F)c1. The van der Waals surface area contributed by atoms with Gasteiger partial charge in [0.05, 0.1) is 12.0 Å². The maximum Gasteiger partial charge on any atom is 0.392 e. The van der Waals surface area contributed by atoms with E-state index in [1.54, 1.807) is 6.07 Å². The van der Waals surface area contributed by atoms with Crippen molar-refractivity contribution < 1.29 is 22.7 Å². The number of alkyl halides is 3. The van der Waals surface area contributed by atoms with Crippen LogP contribution in [-0.2, 0) is 4.74 Å². The molecule has 2 N–H and O–H groups in total. The minimum absolute atomic E-state index is 0.110. The zero-order valence-electron chi connectivity index (χ0n) is 8.55. The maximum absolute atomic E-state index is 11.8. The van der Waals surface area contributed by atoms with Gasteiger partial charge >= 0.3 is 12.1 Å². The van der Waals surface area contributed by atoms with Crippen LogP contribution in [0.4, 0.5) is 18.9 Å². The van der Waals surface area contributed by atoms with Gasteiger partial charge < -0.3 is 10.5 Å². The first-order chi connectivity index (χ1) is 7.78. The molecular weight excluding hydrogens is 303 g/mol. The molecule has 0 atom stereocenters. The molecule has 0 saturated heterocycles. The molecule has 1 aromatic carbocycles. The van der Waals surface area contributed by atoms with Gasteiger partial charge in [-0.15, -0.1) is 0 Å². The predicted molar refractivity (Wildman–Crippen MR) is 59.5 cm³/mol. The van der Waals surface area contributed by atoms with Gasteiger partial charge in [0, 0.05) is 10.2 Å². The Bertz CT molecular complexity index is 400. The molecule has 0 saturated carbocycles. The zero-order valence-corrected chi connectivity index (χ0v) is 10.1. The average molecular weight is 312 g/mol. The Morgan fingerprint density at radius 2 is 2.00 bits per heavy atom. The van der Waals surface area contributed by atoms with Crippen LogP contribution in [0.25, 0.3) is 0 Å². The summed E-state index contributed by atoms with van der Waals surface area (Å²) >= 11 is 3.11. The van der Waals surface area contributed by atoms with Crippen molar-refractivity contribution in [1.29, 1.82) is 0 Å². The molecule has 3 nitrogen and oxygen atoms in total. The van der Waals surface area contributed by atoms with Gasteiger partial charge in [-0.1, -0.05) is 15.9 Å². The van der Waals surface area contributed by atoms with Crippen molar-refractivity contribution in [2.75, 3.05) is 12.3 Å². The smallest absolute Gasteiger partial charge is 0.392 e. The fourth-order valence-corrected chi connectivity index (χ4v) is 1.58. The van der Waals surface area contributed by atoms with Crippen LogP contribution in [0.5, 0.6) is 0 Å². The number of carbonyl (C=O) groups is 1. The Hall–Kier alpha value is -1.24. The number of ether oxygens (including phenoxy) is 1. The average Bonchev–Trinajstić information content (AvgIpc) is 2.13. The monoisotopic (exact) mass is 311 g/mol. The third-order valence-corrected chi connectivity index (χ3v) is 2.23. The summed E-state index contributed by atoms with van der Waals surface area (Å²) in [7, 11) is 0. The fraction of sp³-hybridized carbons (Fsp3) is 0.300. The maximum atomic E-state index is 11.8. The molecule has 0 amide bonds. The summed E-state index contributed by atoms with van der Waals surface area (Å²) in [5, 5.41) is 0. The van der Waals surface area contributed by atoms with Gasteiger partial charge in [0.25, 0.3) is 0 Å². The normalized spacial score (nSPS) is 11.3. The molecule has 0 radical (unpaired) electrons. The van der Waals surface area contributed by atoms with E-state index in [0.29, 0.717) is 10.2 Å². The molecule has 0 aromatic heterocycles. The highest BCUT2D eigenvalue weighted by Crippen LogP contribution is 2.20. The number of esters is 1. The second kappa shape index (κ2) is 5.39. The van der Waals surface area contributed by atoms with E-state index in [2.05, 4.69) is 20.7 Å². The van der Waals surface area contributed by atoms with E-state index in [1.165, 1.54) is 12.1 Å². The molecule has 0 unspecified atom stereocenters. The summed E-state index contributed by atoms with van der Waals surface area (Å²) in [4.78, 5) is 11.4. The minimum Gasteiger partial charge on any atom is -0.462 e. The Morgan fingerprint density at radius 1 is 1.35 bits per heavy atom. The van der Waals surface area contributed by atoms with Gasteiger partial charge in [-0.3, -0.25) is 0 Å². The van der Waals surface area contributed by atoms with E-state index < -0.39 is 25.2 Å². The van der Waals surface area contributed by atoms with Crippen LogP contribution in [0.2, 0.25) is 0 Å². The van der Waals surface area contributed by atoms with Crippen LogP contribution in [0.15, 0.2) is 22.7 Å². The van der Waals surface area contributed by atoms with Crippen LogP contribution in [0, 0.1) is 0 Å². The van der Waals surface area contributed by atoms with Crippen LogP contribution < -0.4 is 5.73 Å². The zero-order chi connectivity index (χ0) is 13.1. The summed E-state index contributed by atoms with van der Waals surface area (Å²) in [5.41, 5.74) is 5.91. The molecule has 1 aromatic rings. The van der Waals surface area contributed by atoms with E-state index in [0.717, 1.165) is 0 Å². The third kappa shape index (κ3) is 5.08. The highest BCUT2D eigenvalue weighted by Gasteiger charge is 2.27. The van der Waals surface area contributed by atoms with Crippen molar-refractivity contribution in [3.63, 3.8) is 0 Å². The van der Waals surface area contributed by atoms with E-state index in [-0.39, 0.29) is 5.56 Å². The molecule has 1 rings (SSSR count). The number of carbonyl (C=O) groups excluding carboxylic acids is 1. The summed E-state index contributed by atoms with van der Waals surface area (Å²) < 4.78 is 40.5. The number of hydrogen-bond acceptors (Lipinski definition) is 3. The molecule has 0 aliphatic carbocycles. The van der Waals surface area contributed by atoms with Crippen molar-refractivity contribution in [2.24, 2.45) is 0 Å². The van der Waals surface area contributed by atoms with Crippen LogP contribution in [0.1, 0.15) is 16.8 Å². The van der Waals surface area contributed by atoms with Crippen LogP contribution in [0.3, 0.4) is 0 Å². The molecule has 7 heteroatoms. The van der Waals surface area contributed by atoms with E-state index >= 15 is 0 Å². The lowest BCUT2D eigenvalue weighted by Crippen LogP contribution is -2.14. The third-order valence-electron chi connectivity index (χ3n) is 1.77. The van der Waals surface area contributed by atoms with Crippen molar-refractivity contribution in [2.45, 2.75) is 12.6 Å². The van der Waals surface area contributed by atoms with E-state index in [9.17, 15) is 18.0 Å². The van der Waals surface area contributed by atoms with E-state index in [4.69, 9.17) is 5.73 Å². The number of benzene rings is 1. The molecule has 0 aliphatic heterocycles. The van der Waals surface area contributed by atoms with Crippen molar-refractivity contribution in [1.82, 2.24) is 0 Å². The van der Waals surface area contributed by atoms with Crippen molar-refractivity contribution >= 4 is 27.6 Å². The van der Waals surface area contributed by atoms with E-state index in [1.807, 2.05) is 0 Å². The summed E-state index contributed by atoms with van der Waals surface area (Å²) in [6.07, 6.45) is -5.50. The second-order valence-corrected chi connectivity index (χ2v) is 4.19. The molecule has 0 aliphatic rings. The number of rotatable bonds is 3. The molecule has 0 fully saturated rings. The van der Waals surface area contributed by atoms with Gasteiger partial charge in [0.1, 0.15) is 6.61 Å². The molecule has 17 heavy (non-hydrogen) atoms. The van der Waals surface area contributed by atoms with Gasteiger partial charge in [-0.2, -0.15) is 13.2 Å². The van der Waals surface area contributed by atoms with Gasteiger partial charge in [0.2, 0.25) is 0 Å². The second-order valence-electron chi connectivity index (χ2n) is 3.27. The first-order valence-electron chi connectivity index (χ1n) is 4.58. The predicted octanol–water partition coefficient (Wildman–Crippen LogP) is 3.14. The van der Waals surface area contributed by atoms with Gasteiger partial charge in [0.15, 0.2) is 0 Å². The molecular formula is C10H9BrF3NO2. The number of hydrogen-bond donors (Lipinski definition) is 1. The van der Waals surface area contributed by atoms with Crippen molar-refractivity contribution in [3.05, 3.63) is 28.2 Å². The van der Waals surface area contributed by atoms with Gasteiger partial charge in [-0.25, -0.2) is 4.79 Å². The molecule has 94 valence electrons. The summed E-state index contributed by atoms with van der Waals surface area (Å²) in [6, 6.07) is 4.32. The standard InChI is InChI=1S/C10H9BrF3NO2/c11-7-3-6(4-8(15)5-7)9(16)17-2-1-10(12,13)14/h3-5H,1-2,15H2. The molecule has 0 heterocycles. The first kappa shape index (κ1) is 13.8. The Balaban J connectivity index is 2.58. The number of halogens is 4. The number of nitrogens with two attached hydrogens (primary N) is 1. The highest BCUT2D eigenvalue weighted by atomic mass is 79.9. The fourth-order valence-electron chi connectivity index (χ4n) is 1.07. The number of anilines is 1. The quantitative estimate of drug-likeness (QED) is 0.689. The number of nitrogen functional groups attached to an aromatic ring is 1. The van der Waals surface area contributed by atoms with Crippen molar-refractivity contribution in [3.8, 4) is 0 Å². The largest absolute Gasteiger partial charge is 0.462 e. The minimum atomic E-state index is -4.34. The van der Waals surface area contributed by atoms with Gasteiger partial charge in [-0.05, 0) is 18.2 Å². The van der Waals surface area contributed by atoms with Crippen LogP contribution in [-0.4, -0.2) is 18.8 Å². The Kier molecular flexibility index (Phi) is 4.39. The lowest BCUT2D eigenvalue weighted by Gasteiger charge is -2.08. The lowest BCUT2D eigenvalue weighted by atomic mass is 10.2. The summed E-state index contributed by atoms with van der Waals surface area (Å²) in [5.74, 6) is -0.831. The lowest BCUT2D eigenvalue weighted by molar-refractivity contribution is -0.141. The molecule has 0 spiro atoms. The topological polar surface area (TPSA) is 52.3 Å².